The van der Waals surface area contributed by atoms with Crippen molar-refractivity contribution in [1.29, 1.82) is 0 Å². The first-order chi connectivity index (χ1) is 15.5. The molecule has 6 nitrogen and oxygen atoms in total. The number of aryl methyl sites for hydroxylation is 1. The van der Waals surface area contributed by atoms with Crippen LogP contribution in [0.15, 0.2) is 47.8 Å². The summed E-state index contributed by atoms with van der Waals surface area (Å²) in [5.41, 5.74) is 4.12. The van der Waals surface area contributed by atoms with Crippen molar-refractivity contribution in [2.45, 2.75) is 19.4 Å². The molecule has 0 saturated carbocycles. The van der Waals surface area contributed by atoms with E-state index in [-0.39, 0.29) is 18.5 Å². The molecule has 1 amide bonds. The van der Waals surface area contributed by atoms with Gasteiger partial charge in [-0.2, -0.15) is 0 Å². The van der Waals surface area contributed by atoms with Gasteiger partial charge in [0.25, 0.3) is 0 Å². The van der Waals surface area contributed by atoms with Crippen LogP contribution in [-0.4, -0.2) is 45.2 Å². The summed E-state index contributed by atoms with van der Waals surface area (Å²) in [5.74, 6) is 2.01. The predicted octanol–water partition coefficient (Wildman–Crippen LogP) is 4.67. The second kappa shape index (κ2) is 9.63. The van der Waals surface area contributed by atoms with Gasteiger partial charge in [-0.15, -0.1) is 11.3 Å². The number of ether oxygens (including phenoxy) is 3. The van der Waals surface area contributed by atoms with Crippen molar-refractivity contribution in [2.75, 3.05) is 39.7 Å². The summed E-state index contributed by atoms with van der Waals surface area (Å²) in [5, 5.41) is 5.10. The van der Waals surface area contributed by atoms with Crippen LogP contribution >= 0.6 is 11.3 Å². The average Bonchev–Trinajstić information content (AvgIpc) is 3.32. The van der Waals surface area contributed by atoms with Crippen LogP contribution in [0.4, 0.5) is 5.69 Å². The number of carbonyl (C=O) groups is 1. The van der Waals surface area contributed by atoms with Gasteiger partial charge in [0, 0.05) is 11.4 Å². The Balaban J connectivity index is 1.63. The van der Waals surface area contributed by atoms with Gasteiger partial charge in [-0.05, 0) is 65.7 Å². The van der Waals surface area contributed by atoms with Gasteiger partial charge >= 0.3 is 0 Å². The van der Waals surface area contributed by atoms with Crippen LogP contribution in [0.3, 0.4) is 0 Å². The minimum absolute atomic E-state index is 0.0243. The Kier molecular flexibility index (Phi) is 6.67. The number of fused-ring (bicyclic) bond motifs is 1. The first kappa shape index (κ1) is 22.2. The van der Waals surface area contributed by atoms with Crippen molar-refractivity contribution in [2.24, 2.45) is 0 Å². The molecule has 168 valence electrons. The number of anilines is 1. The van der Waals surface area contributed by atoms with Gasteiger partial charge in [0.05, 0.1) is 39.6 Å². The molecular formula is C25H28N2O4S. The van der Waals surface area contributed by atoms with Gasteiger partial charge in [-0.1, -0.05) is 12.1 Å². The van der Waals surface area contributed by atoms with E-state index in [1.54, 1.807) is 32.7 Å². The molecule has 3 aromatic rings. The molecule has 0 bridgehead atoms. The van der Waals surface area contributed by atoms with Crippen LogP contribution < -0.4 is 19.5 Å². The van der Waals surface area contributed by atoms with Gasteiger partial charge in [-0.3, -0.25) is 9.69 Å². The Morgan fingerprint density at radius 3 is 2.50 bits per heavy atom. The molecule has 0 fully saturated rings. The van der Waals surface area contributed by atoms with Gasteiger partial charge in [-0.25, -0.2) is 0 Å². The van der Waals surface area contributed by atoms with E-state index in [4.69, 9.17) is 14.2 Å². The van der Waals surface area contributed by atoms with Crippen LogP contribution in [0.1, 0.15) is 27.6 Å². The number of nitrogens with one attached hydrogen (secondary N) is 1. The van der Waals surface area contributed by atoms with E-state index in [9.17, 15) is 4.79 Å². The van der Waals surface area contributed by atoms with E-state index in [0.29, 0.717) is 17.2 Å². The smallest absolute Gasteiger partial charge is 0.238 e. The fourth-order valence-electron chi connectivity index (χ4n) is 4.24. The SMILES string of the molecule is COc1ccc(C)cc1NC(=O)CN1CCc2cc(OC)c(OC)cc2C1c1cccs1. The Hall–Kier alpha value is -3.03. The zero-order valence-electron chi connectivity index (χ0n) is 18.8. The Morgan fingerprint density at radius 1 is 1.06 bits per heavy atom. The molecule has 0 aliphatic carbocycles. The number of carbonyl (C=O) groups excluding carboxylic acids is 1. The van der Waals surface area contributed by atoms with Gasteiger partial charge in [0.15, 0.2) is 11.5 Å². The summed E-state index contributed by atoms with van der Waals surface area (Å²) < 4.78 is 16.5. The summed E-state index contributed by atoms with van der Waals surface area (Å²) >= 11 is 1.69. The number of rotatable bonds is 7. The third-order valence-corrected chi connectivity index (χ3v) is 6.69. The third-order valence-electron chi connectivity index (χ3n) is 5.76. The van der Waals surface area contributed by atoms with Crippen molar-refractivity contribution in [3.63, 3.8) is 0 Å². The van der Waals surface area contributed by atoms with Crippen LogP contribution in [0.25, 0.3) is 0 Å². The molecule has 0 saturated heterocycles. The number of nitrogens with zero attached hydrogens (tertiary/aromatic N) is 1. The lowest BCUT2D eigenvalue weighted by Crippen LogP contribution is -2.41. The number of hydrogen-bond acceptors (Lipinski definition) is 6. The first-order valence-electron chi connectivity index (χ1n) is 10.5. The second-order valence-electron chi connectivity index (χ2n) is 7.80. The van der Waals surface area contributed by atoms with Crippen molar-refractivity contribution in [3.8, 4) is 17.2 Å². The quantitative estimate of drug-likeness (QED) is 0.565. The lowest BCUT2D eigenvalue weighted by molar-refractivity contribution is -0.117. The molecule has 0 radical (unpaired) electrons. The number of amides is 1. The Morgan fingerprint density at radius 2 is 1.81 bits per heavy atom. The fourth-order valence-corrected chi connectivity index (χ4v) is 5.12. The van der Waals surface area contributed by atoms with Crippen molar-refractivity contribution >= 4 is 22.9 Å². The minimum atomic E-state index is -0.0700. The molecule has 32 heavy (non-hydrogen) atoms. The standard InChI is InChI=1S/C25H28N2O4S/c1-16-7-8-20(29-2)19(12-16)26-24(28)15-27-10-9-17-13-21(30-3)22(31-4)14-18(17)25(27)23-6-5-11-32-23/h5-8,11-14,25H,9-10,15H2,1-4H3,(H,26,28). The predicted molar refractivity (Wildman–Crippen MR) is 127 cm³/mol. The summed E-state index contributed by atoms with van der Waals surface area (Å²) in [4.78, 5) is 16.5. The topological polar surface area (TPSA) is 60.0 Å². The van der Waals surface area contributed by atoms with E-state index in [1.165, 1.54) is 10.4 Å². The van der Waals surface area contributed by atoms with E-state index in [1.807, 2.05) is 37.3 Å². The monoisotopic (exact) mass is 452 g/mol. The highest BCUT2D eigenvalue weighted by Crippen LogP contribution is 2.42. The van der Waals surface area contributed by atoms with E-state index in [0.717, 1.165) is 29.8 Å². The maximum Gasteiger partial charge on any atom is 0.238 e. The summed E-state index contributed by atoms with van der Waals surface area (Å²) in [6.45, 7) is 3.03. The number of thiophene rings is 1. The number of methoxy groups -OCH3 is 3. The highest BCUT2D eigenvalue weighted by molar-refractivity contribution is 7.10. The maximum absolute atomic E-state index is 13.1. The van der Waals surface area contributed by atoms with Crippen molar-refractivity contribution in [1.82, 2.24) is 4.90 Å². The van der Waals surface area contributed by atoms with Crippen molar-refractivity contribution in [3.05, 3.63) is 69.4 Å². The van der Waals surface area contributed by atoms with Crippen molar-refractivity contribution < 1.29 is 19.0 Å². The molecule has 0 spiro atoms. The number of benzene rings is 2. The summed E-state index contributed by atoms with van der Waals surface area (Å²) in [6.07, 6.45) is 0.832. The lowest BCUT2D eigenvalue weighted by atomic mass is 9.91. The molecule has 2 aromatic carbocycles. The first-order valence-corrected chi connectivity index (χ1v) is 11.4. The summed E-state index contributed by atoms with van der Waals surface area (Å²) in [6, 6.07) is 14.0. The molecule has 4 rings (SSSR count). The fraction of sp³-hybridized carbons (Fsp3) is 0.320. The minimum Gasteiger partial charge on any atom is -0.495 e. The van der Waals surface area contributed by atoms with Gasteiger partial charge in [0.1, 0.15) is 5.75 Å². The third kappa shape index (κ3) is 4.45. The van der Waals surface area contributed by atoms with Crippen LogP contribution in [0.2, 0.25) is 0 Å². The molecule has 1 aromatic heterocycles. The maximum atomic E-state index is 13.1. The lowest BCUT2D eigenvalue weighted by Gasteiger charge is -2.37. The van der Waals surface area contributed by atoms with Gasteiger partial charge in [0.2, 0.25) is 5.91 Å². The molecule has 2 heterocycles. The molecular weight excluding hydrogens is 424 g/mol. The normalized spacial score (nSPS) is 15.7. The zero-order valence-corrected chi connectivity index (χ0v) is 19.6. The van der Waals surface area contributed by atoms with Crippen LogP contribution in [0, 0.1) is 6.92 Å². The van der Waals surface area contributed by atoms with Crippen LogP contribution in [-0.2, 0) is 11.2 Å². The number of hydrogen-bond donors (Lipinski definition) is 1. The molecule has 1 atom stereocenters. The molecule has 1 aliphatic rings. The zero-order chi connectivity index (χ0) is 22.7. The van der Waals surface area contributed by atoms with Crippen LogP contribution in [0.5, 0.6) is 17.2 Å². The van der Waals surface area contributed by atoms with Gasteiger partial charge < -0.3 is 19.5 Å². The Bertz CT molecular complexity index is 1100. The molecule has 1 N–H and O–H groups in total. The molecule has 7 heteroatoms. The van der Waals surface area contributed by atoms with E-state index >= 15 is 0 Å². The van der Waals surface area contributed by atoms with E-state index in [2.05, 4.69) is 27.7 Å². The highest BCUT2D eigenvalue weighted by atomic mass is 32.1. The molecule has 1 unspecified atom stereocenters. The second-order valence-corrected chi connectivity index (χ2v) is 8.78. The Labute approximate surface area is 192 Å². The van der Waals surface area contributed by atoms with E-state index < -0.39 is 0 Å². The molecule has 1 aliphatic heterocycles. The average molecular weight is 453 g/mol. The summed E-state index contributed by atoms with van der Waals surface area (Å²) in [7, 11) is 4.91. The largest absolute Gasteiger partial charge is 0.495 e. The highest BCUT2D eigenvalue weighted by Gasteiger charge is 2.32.